The zero-order valence-corrected chi connectivity index (χ0v) is 43.9. The predicted molar refractivity (Wildman–Crippen MR) is 296 cm³/mol. The van der Waals surface area contributed by atoms with E-state index < -0.39 is 0 Å². The largest absolute Gasteiger partial charge is 0.310 e. The van der Waals surface area contributed by atoms with Crippen LogP contribution in [-0.2, 0) is 27.1 Å². The lowest BCUT2D eigenvalue weighted by Gasteiger charge is -2.32. The third kappa shape index (κ3) is 9.28. The average Bonchev–Trinajstić information content (AvgIpc) is 3.53. The minimum Gasteiger partial charge on any atom is -0.310 e. The fourth-order valence-corrected chi connectivity index (χ4v) is 10.9. The van der Waals surface area contributed by atoms with Crippen LogP contribution in [0.3, 0.4) is 0 Å². The summed E-state index contributed by atoms with van der Waals surface area (Å²) in [6.45, 7) is 33.0. The summed E-state index contributed by atoms with van der Waals surface area (Å²) in [6, 6.07) is 57.1. The number of fused-ring (bicyclic) bond motifs is 3. The molecule has 0 bridgehead atoms. The first-order valence-corrected chi connectivity index (χ1v) is 25.7. The van der Waals surface area contributed by atoms with Crippen LogP contribution < -0.4 is 4.90 Å². The van der Waals surface area contributed by atoms with Crippen molar-refractivity contribution < 1.29 is 0 Å². The Kier molecular flexibility index (Phi) is 12.1. The summed E-state index contributed by atoms with van der Waals surface area (Å²) < 4.78 is 0. The molecule has 0 amide bonds. The number of hydrogen-bond acceptors (Lipinski definition) is 1. The van der Waals surface area contributed by atoms with Crippen LogP contribution in [0, 0.1) is 0 Å². The van der Waals surface area contributed by atoms with Crippen molar-refractivity contribution in [1.82, 2.24) is 0 Å². The first kappa shape index (κ1) is 47.4. The van der Waals surface area contributed by atoms with E-state index in [1.807, 2.05) is 0 Å². The molecule has 0 heterocycles. The van der Waals surface area contributed by atoms with Crippen molar-refractivity contribution in [3.05, 3.63) is 185 Å². The topological polar surface area (TPSA) is 3.24 Å². The van der Waals surface area contributed by atoms with Gasteiger partial charge in [0.2, 0.25) is 0 Å². The maximum Gasteiger partial charge on any atom is 0.0540 e. The fraction of sp³-hybridized carbons (Fsp3) is 0.373. The van der Waals surface area contributed by atoms with Gasteiger partial charge in [0.25, 0.3) is 0 Å². The van der Waals surface area contributed by atoms with Gasteiger partial charge in [-0.2, -0.15) is 0 Å². The molecule has 0 unspecified atom stereocenters. The molecule has 1 fully saturated rings. The molecule has 350 valence electrons. The van der Waals surface area contributed by atoms with E-state index in [2.05, 4.69) is 247 Å². The maximum absolute atomic E-state index is 2.57. The van der Waals surface area contributed by atoms with E-state index in [1.54, 1.807) is 0 Å². The second-order valence-electron chi connectivity index (χ2n) is 25.1. The Morgan fingerprint density at radius 3 is 1.43 bits per heavy atom. The monoisotopic (exact) mass is 896 g/mol. The lowest BCUT2D eigenvalue weighted by molar-refractivity contribution is 0.443. The molecule has 1 nitrogen and oxygen atoms in total. The zero-order chi connectivity index (χ0) is 48.6. The molecule has 0 aliphatic heterocycles. The van der Waals surface area contributed by atoms with Gasteiger partial charge in [-0.15, -0.1) is 0 Å². The smallest absolute Gasteiger partial charge is 0.0540 e. The summed E-state index contributed by atoms with van der Waals surface area (Å²) in [7, 11) is 0. The van der Waals surface area contributed by atoms with E-state index in [9.17, 15) is 0 Å². The predicted octanol–water partition coefficient (Wildman–Crippen LogP) is 19.7. The van der Waals surface area contributed by atoms with Crippen LogP contribution in [0.2, 0.25) is 0 Å². The number of benzene rings is 7. The Hall–Kier alpha value is -5.66. The molecule has 68 heavy (non-hydrogen) atoms. The Morgan fingerprint density at radius 1 is 0.382 bits per heavy atom. The molecule has 7 aromatic carbocycles. The van der Waals surface area contributed by atoms with Gasteiger partial charge in [0, 0.05) is 22.4 Å². The van der Waals surface area contributed by atoms with Gasteiger partial charge in [-0.05, 0) is 155 Å². The summed E-state index contributed by atoms with van der Waals surface area (Å²) in [6.07, 6.45) is 6.65. The molecule has 2 aliphatic rings. The summed E-state index contributed by atoms with van der Waals surface area (Å²) in [5.41, 5.74) is 23.1. The molecule has 0 spiro atoms. The molecule has 1 heteroatoms. The van der Waals surface area contributed by atoms with Crippen molar-refractivity contribution in [3.8, 4) is 44.5 Å². The van der Waals surface area contributed by atoms with Gasteiger partial charge >= 0.3 is 0 Å². The second-order valence-corrected chi connectivity index (χ2v) is 25.1. The van der Waals surface area contributed by atoms with Crippen LogP contribution in [0.15, 0.2) is 146 Å². The van der Waals surface area contributed by atoms with Crippen LogP contribution in [-0.4, -0.2) is 0 Å². The van der Waals surface area contributed by atoms with E-state index in [-0.39, 0.29) is 27.1 Å². The van der Waals surface area contributed by atoms with Crippen molar-refractivity contribution in [2.45, 2.75) is 162 Å². The molecule has 0 saturated heterocycles. The van der Waals surface area contributed by atoms with Crippen molar-refractivity contribution in [2.75, 3.05) is 4.90 Å². The van der Waals surface area contributed by atoms with Crippen molar-refractivity contribution in [1.29, 1.82) is 0 Å². The average molecular weight is 896 g/mol. The van der Waals surface area contributed by atoms with E-state index in [0.717, 1.165) is 0 Å². The lowest BCUT2D eigenvalue weighted by Crippen LogP contribution is -2.18. The van der Waals surface area contributed by atoms with Crippen LogP contribution in [0.25, 0.3) is 44.5 Å². The molecule has 7 aromatic rings. The number of nitrogens with zero attached hydrogens (tertiary/aromatic N) is 1. The van der Waals surface area contributed by atoms with Crippen molar-refractivity contribution in [2.24, 2.45) is 0 Å². The molecular weight excluding hydrogens is 819 g/mol. The number of para-hydroxylation sites is 1. The molecule has 0 radical (unpaired) electrons. The Labute approximate surface area is 411 Å². The Morgan fingerprint density at radius 2 is 0.853 bits per heavy atom. The normalized spacial score (nSPS) is 15.3. The van der Waals surface area contributed by atoms with E-state index >= 15 is 0 Å². The van der Waals surface area contributed by atoms with Crippen LogP contribution >= 0.6 is 0 Å². The summed E-state index contributed by atoms with van der Waals surface area (Å²) in [5, 5.41) is 0. The number of anilines is 3. The third-order valence-electron chi connectivity index (χ3n) is 15.4. The fourth-order valence-electron chi connectivity index (χ4n) is 10.9. The number of rotatable bonds is 7. The van der Waals surface area contributed by atoms with Gasteiger partial charge in [0.1, 0.15) is 0 Å². The molecule has 0 atom stereocenters. The van der Waals surface area contributed by atoms with Gasteiger partial charge in [0.15, 0.2) is 0 Å². The Balaban J connectivity index is 1.28. The van der Waals surface area contributed by atoms with Crippen molar-refractivity contribution >= 4 is 17.1 Å². The third-order valence-corrected chi connectivity index (χ3v) is 15.4. The number of hydrogen-bond donors (Lipinski definition) is 0. The van der Waals surface area contributed by atoms with E-state index in [1.165, 1.54) is 133 Å². The summed E-state index contributed by atoms with van der Waals surface area (Å²) >= 11 is 0. The molecule has 0 N–H and O–H groups in total. The molecular formula is C67H77N. The molecule has 1 saturated carbocycles. The highest BCUT2D eigenvalue weighted by Crippen LogP contribution is 2.52. The first-order chi connectivity index (χ1) is 32.0. The van der Waals surface area contributed by atoms with Gasteiger partial charge < -0.3 is 4.90 Å². The van der Waals surface area contributed by atoms with Crippen LogP contribution in [0.4, 0.5) is 17.1 Å². The molecule has 0 aromatic heterocycles. The Bertz CT molecular complexity index is 2940. The summed E-state index contributed by atoms with van der Waals surface area (Å²) in [5.74, 6) is 0.669. The van der Waals surface area contributed by atoms with Gasteiger partial charge in [-0.3, -0.25) is 0 Å². The van der Waals surface area contributed by atoms with Crippen LogP contribution in [0.1, 0.15) is 174 Å². The second kappa shape index (κ2) is 17.4. The lowest BCUT2D eigenvalue weighted by atomic mass is 9.78. The highest BCUT2D eigenvalue weighted by atomic mass is 15.1. The van der Waals surface area contributed by atoms with Crippen LogP contribution in [0.5, 0.6) is 0 Å². The standard InChI is InChI=1S/C67H77N/c1-63(2,3)51-35-47(49-37-52(64(4,5)6)41-53(38-49)65(7,8)9)34-48(36-51)50-39-54(66(10,11)12)42-56(40-50)68(55-32-33-59-58-25-18-20-26-60(58)67(13,14)61(59)43-55)62-27-21-19-24-57(62)46-30-28-45(29-31-46)44-22-16-15-17-23-44/h18-21,24-44H,15-17,22-23H2,1-14H3. The minimum atomic E-state index is -0.137. The van der Waals surface area contributed by atoms with Gasteiger partial charge in [0.05, 0.1) is 5.69 Å². The van der Waals surface area contributed by atoms with E-state index in [4.69, 9.17) is 0 Å². The first-order valence-electron chi connectivity index (χ1n) is 25.7. The van der Waals surface area contributed by atoms with Gasteiger partial charge in [-0.25, -0.2) is 0 Å². The zero-order valence-electron chi connectivity index (χ0n) is 43.9. The van der Waals surface area contributed by atoms with Gasteiger partial charge in [-0.1, -0.05) is 225 Å². The molecule has 9 rings (SSSR count). The summed E-state index contributed by atoms with van der Waals surface area (Å²) in [4.78, 5) is 2.57. The SMILES string of the molecule is CC(C)(C)c1cc(-c2cc(N(c3ccc4c(c3)C(C)(C)c3ccccc3-4)c3ccccc3-c3ccc(C4CCCCC4)cc3)cc(C(C)(C)C)c2)cc(-c2cc(C(C)(C)C)cc(C(C)(C)C)c2)c1. The minimum absolute atomic E-state index is 0.0170. The highest BCUT2D eigenvalue weighted by molar-refractivity contribution is 5.92. The van der Waals surface area contributed by atoms with E-state index in [0.29, 0.717) is 5.92 Å². The molecule has 2 aliphatic carbocycles. The quantitative estimate of drug-likeness (QED) is 0.154. The maximum atomic E-state index is 2.57. The highest BCUT2D eigenvalue weighted by Gasteiger charge is 2.36. The van der Waals surface area contributed by atoms with Crippen molar-refractivity contribution in [3.63, 3.8) is 0 Å².